The Balaban J connectivity index is 2.26. The molecule has 0 aromatic heterocycles. The third-order valence-corrected chi connectivity index (χ3v) is 9.25. The Labute approximate surface area is 457 Å². The number of phenolic OH excluding ortho intramolecular Hbond substituents is 1. The van der Waals surface area contributed by atoms with E-state index < -0.39 is 180 Å². The highest BCUT2D eigenvalue weighted by Crippen LogP contribution is 2.64. The topological polar surface area (TPSA) is 354 Å². The monoisotopic (exact) mass is 1130 g/mol. The van der Waals surface area contributed by atoms with Gasteiger partial charge in [0.25, 0.3) is 0 Å². The average molecular weight is 1130 g/mol. The SMILES string of the molecule is CC(=O)Oc1cc(OC(C)=O)cc(Oc2c(O)cc(OC(C)=O)cc2Oc2c(OC(C)=O)c(-c3c(OC(C)=O)cc(OC(C)=O)cc3OC(C)=O)c(OC(C)=O)c(-c3c(OC(C)=O)cc(OC(C)=O)cc3OC(C)=O)c2OC(C)=O)c1. The molecular formula is C54H46O27. The second kappa shape index (κ2) is 26.0. The summed E-state index contributed by atoms with van der Waals surface area (Å²) in [5.74, 6) is -25.8. The van der Waals surface area contributed by atoms with Gasteiger partial charge in [-0.15, -0.1) is 0 Å². The van der Waals surface area contributed by atoms with Crippen molar-refractivity contribution in [2.24, 2.45) is 0 Å². The fourth-order valence-electron chi connectivity index (χ4n) is 7.20. The highest BCUT2D eigenvalue weighted by molar-refractivity contribution is 6.04. The number of hydrogen-bond acceptors (Lipinski definition) is 27. The van der Waals surface area contributed by atoms with Crippen molar-refractivity contribution < 1.29 is 129 Å². The molecule has 81 heavy (non-hydrogen) atoms. The van der Waals surface area contributed by atoms with Crippen LogP contribution in [0.3, 0.4) is 0 Å². The second-order valence-corrected chi connectivity index (χ2v) is 16.4. The van der Waals surface area contributed by atoms with Crippen molar-refractivity contribution in [1.82, 2.24) is 0 Å². The first kappa shape index (κ1) is 61.0. The lowest BCUT2D eigenvalue weighted by atomic mass is 9.91. The van der Waals surface area contributed by atoms with Crippen LogP contribution in [0.15, 0.2) is 54.6 Å². The van der Waals surface area contributed by atoms with Gasteiger partial charge in [0.1, 0.15) is 57.5 Å². The number of ether oxygens (including phenoxy) is 14. The Morgan fingerprint density at radius 2 is 0.481 bits per heavy atom. The molecule has 0 atom stereocenters. The molecule has 27 nitrogen and oxygen atoms in total. The molecule has 0 aliphatic rings. The third-order valence-electron chi connectivity index (χ3n) is 9.25. The number of esters is 12. The molecule has 0 bridgehead atoms. The van der Waals surface area contributed by atoms with Crippen LogP contribution in [-0.2, 0) is 57.5 Å². The Morgan fingerprint density at radius 1 is 0.235 bits per heavy atom. The first-order chi connectivity index (χ1) is 37.9. The summed E-state index contributed by atoms with van der Waals surface area (Å²) in [6.45, 7) is 11.0. The zero-order chi connectivity index (χ0) is 60.3. The molecule has 5 aromatic rings. The van der Waals surface area contributed by atoms with Crippen LogP contribution in [0, 0.1) is 0 Å². The predicted octanol–water partition coefficient (Wildman–Crippen LogP) is 7.41. The molecule has 0 aliphatic carbocycles. The van der Waals surface area contributed by atoms with E-state index in [1.54, 1.807) is 0 Å². The van der Waals surface area contributed by atoms with Gasteiger partial charge in [0.2, 0.25) is 11.5 Å². The Bertz CT molecular complexity index is 3240. The van der Waals surface area contributed by atoms with E-state index in [0.29, 0.717) is 0 Å². The number of aromatic hydroxyl groups is 1. The van der Waals surface area contributed by atoms with Crippen molar-refractivity contribution in [3.05, 3.63) is 54.6 Å². The summed E-state index contributed by atoms with van der Waals surface area (Å²) in [7, 11) is 0. The third kappa shape index (κ3) is 16.6. The van der Waals surface area contributed by atoms with Gasteiger partial charge >= 0.3 is 71.6 Å². The molecule has 0 amide bonds. The number of hydrogen-bond donors (Lipinski definition) is 1. The smallest absolute Gasteiger partial charge is 0.308 e. The minimum absolute atomic E-state index is 0.293. The molecule has 5 rings (SSSR count). The number of carbonyl (C=O) groups is 12. The van der Waals surface area contributed by atoms with Crippen LogP contribution < -0.4 is 66.3 Å². The van der Waals surface area contributed by atoms with Crippen molar-refractivity contribution in [2.75, 3.05) is 0 Å². The van der Waals surface area contributed by atoms with E-state index in [-0.39, 0.29) is 11.5 Å². The molecule has 1 N–H and O–H groups in total. The molecule has 27 heteroatoms. The van der Waals surface area contributed by atoms with Gasteiger partial charge in [-0.05, 0) is 0 Å². The standard InChI is InChI=1S/C54H46O27/c1-22(55)68-34-13-35(69-23(2)56)15-36(14-34)80-50-40(67)16-37(70-24(3)57)21-45(50)81-54-52(78-32(11)65)48(46-41(73-27(6)60)17-38(71-25(4)58)18-42(46)74-28(7)61)51(77-31(10)64)49(53(54)79-33(12)66)47-43(75-29(8)62)19-39(72-26(5)59)20-44(47)76-30(9)63/h13-21,67H,1-12H3. The molecular weight excluding hydrogens is 1080 g/mol. The minimum atomic E-state index is -1.31. The highest BCUT2D eigenvalue weighted by Gasteiger charge is 2.40. The largest absolute Gasteiger partial charge is 0.504 e. The number of phenols is 1. The van der Waals surface area contributed by atoms with Crippen LogP contribution >= 0.6 is 0 Å². The van der Waals surface area contributed by atoms with Gasteiger partial charge in [0, 0.05) is 138 Å². The van der Waals surface area contributed by atoms with Crippen LogP contribution in [0.5, 0.6) is 97.7 Å². The summed E-state index contributed by atoms with van der Waals surface area (Å²) in [5, 5.41) is 11.8. The van der Waals surface area contributed by atoms with Crippen LogP contribution in [0.1, 0.15) is 83.1 Å². The number of benzene rings is 5. The van der Waals surface area contributed by atoms with Crippen molar-refractivity contribution in [2.45, 2.75) is 83.1 Å². The van der Waals surface area contributed by atoms with Crippen molar-refractivity contribution in [3.63, 3.8) is 0 Å². The summed E-state index contributed by atoms with van der Waals surface area (Å²) in [4.78, 5) is 155. The fourth-order valence-corrected chi connectivity index (χ4v) is 7.20. The van der Waals surface area contributed by atoms with Crippen LogP contribution in [0.4, 0.5) is 0 Å². The van der Waals surface area contributed by atoms with E-state index >= 15 is 0 Å². The zero-order valence-electron chi connectivity index (χ0n) is 44.8. The summed E-state index contributed by atoms with van der Waals surface area (Å²) in [6.07, 6.45) is 0. The summed E-state index contributed by atoms with van der Waals surface area (Å²) < 4.78 is 79.0. The quantitative estimate of drug-likeness (QED) is 0.0658. The van der Waals surface area contributed by atoms with Crippen molar-refractivity contribution >= 4 is 71.6 Å². The van der Waals surface area contributed by atoms with Crippen molar-refractivity contribution in [1.29, 1.82) is 0 Å². The molecule has 0 heterocycles. The lowest BCUT2D eigenvalue weighted by Gasteiger charge is -2.27. The van der Waals surface area contributed by atoms with Gasteiger partial charge in [-0.3, -0.25) is 57.5 Å². The van der Waals surface area contributed by atoms with E-state index in [9.17, 15) is 62.6 Å². The maximum atomic E-state index is 13.7. The molecule has 0 aliphatic heterocycles. The lowest BCUT2D eigenvalue weighted by Crippen LogP contribution is -2.15. The maximum absolute atomic E-state index is 13.7. The normalized spacial score (nSPS) is 10.4. The van der Waals surface area contributed by atoms with Gasteiger partial charge in [0.05, 0.1) is 22.3 Å². The van der Waals surface area contributed by atoms with Gasteiger partial charge in [-0.25, -0.2) is 0 Å². The number of rotatable bonds is 18. The molecule has 0 unspecified atom stereocenters. The molecule has 0 radical (unpaired) electrons. The van der Waals surface area contributed by atoms with E-state index in [1.165, 1.54) is 0 Å². The molecule has 0 saturated carbocycles. The van der Waals surface area contributed by atoms with Gasteiger partial charge in [-0.1, -0.05) is 0 Å². The average Bonchev–Trinajstić information content (AvgIpc) is 3.50. The van der Waals surface area contributed by atoms with Crippen LogP contribution in [-0.4, -0.2) is 76.7 Å². The molecule has 5 aromatic carbocycles. The molecule has 0 spiro atoms. The number of carbonyl (C=O) groups excluding carboxylic acids is 12. The van der Waals surface area contributed by atoms with E-state index in [2.05, 4.69) is 0 Å². The summed E-state index contributed by atoms with van der Waals surface area (Å²) >= 11 is 0. The maximum Gasteiger partial charge on any atom is 0.308 e. The second-order valence-electron chi connectivity index (χ2n) is 16.4. The predicted molar refractivity (Wildman–Crippen MR) is 268 cm³/mol. The Kier molecular flexibility index (Phi) is 19.6. The van der Waals surface area contributed by atoms with Gasteiger partial charge in [-0.2, -0.15) is 0 Å². The fraction of sp³-hybridized carbons (Fsp3) is 0.222. The van der Waals surface area contributed by atoms with E-state index in [0.717, 1.165) is 138 Å². The van der Waals surface area contributed by atoms with Gasteiger partial charge < -0.3 is 71.4 Å². The zero-order valence-corrected chi connectivity index (χ0v) is 44.8. The highest BCUT2D eigenvalue weighted by atomic mass is 16.6. The van der Waals surface area contributed by atoms with Crippen molar-refractivity contribution in [3.8, 4) is 120 Å². The van der Waals surface area contributed by atoms with Gasteiger partial charge in [0.15, 0.2) is 28.7 Å². The summed E-state index contributed by atoms with van der Waals surface area (Å²) in [6, 6.07) is 8.44. The minimum Gasteiger partial charge on any atom is -0.504 e. The molecule has 0 saturated heterocycles. The lowest BCUT2D eigenvalue weighted by molar-refractivity contribution is -0.134. The Hall–Kier alpha value is -10.9. The summed E-state index contributed by atoms with van der Waals surface area (Å²) in [5.41, 5.74) is -3.37. The first-order valence-electron chi connectivity index (χ1n) is 23.1. The van der Waals surface area contributed by atoms with Crippen LogP contribution in [0.25, 0.3) is 22.3 Å². The first-order valence-corrected chi connectivity index (χ1v) is 23.1. The molecule has 0 fully saturated rings. The Morgan fingerprint density at radius 3 is 0.778 bits per heavy atom. The molecule has 424 valence electrons. The van der Waals surface area contributed by atoms with E-state index in [1.807, 2.05) is 0 Å². The van der Waals surface area contributed by atoms with E-state index in [4.69, 9.17) is 66.3 Å². The van der Waals surface area contributed by atoms with Crippen LogP contribution in [0.2, 0.25) is 0 Å².